The molecule has 1 heterocycles. The minimum Gasteiger partial charge on any atom is -0.391 e. The number of hydrogen-bond acceptors (Lipinski definition) is 3. The summed E-state index contributed by atoms with van der Waals surface area (Å²) in [6, 6.07) is 3.93. The zero-order valence-electron chi connectivity index (χ0n) is 6.03. The Balaban J connectivity index is 2.65. The van der Waals surface area contributed by atoms with E-state index < -0.39 is 0 Å². The number of aliphatic hydroxyl groups is 1. The predicted octanol–water partition coefficient (Wildman–Crippen LogP) is 2.18. The van der Waals surface area contributed by atoms with Crippen molar-refractivity contribution in [2.75, 3.05) is 5.75 Å². The van der Waals surface area contributed by atoms with Gasteiger partial charge in [-0.25, -0.2) is 0 Å². The Morgan fingerprint density at radius 3 is 2.91 bits per heavy atom. The minimum atomic E-state index is 0.138. The van der Waals surface area contributed by atoms with Gasteiger partial charge in [-0.2, -0.15) is 12.6 Å². The molecule has 60 valence electrons. The fourth-order valence-electron chi connectivity index (χ4n) is 0.738. The number of rotatable bonds is 3. The Labute approximate surface area is 75.8 Å². The smallest absolute Gasteiger partial charge is 0.0774 e. The molecule has 1 aromatic heterocycles. The topological polar surface area (TPSA) is 20.2 Å². The van der Waals surface area contributed by atoms with Gasteiger partial charge in [0.1, 0.15) is 0 Å². The van der Waals surface area contributed by atoms with E-state index in [1.807, 2.05) is 24.3 Å². The van der Waals surface area contributed by atoms with Crippen LogP contribution in [0.4, 0.5) is 0 Å². The van der Waals surface area contributed by atoms with Crippen molar-refractivity contribution in [3.63, 3.8) is 0 Å². The summed E-state index contributed by atoms with van der Waals surface area (Å²) in [4.78, 5) is 2.17. The molecule has 1 aromatic rings. The van der Waals surface area contributed by atoms with Crippen LogP contribution in [0.25, 0.3) is 6.08 Å². The van der Waals surface area contributed by atoms with Crippen LogP contribution in [0.15, 0.2) is 18.2 Å². The van der Waals surface area contributed by atoms with Gasteiger partial charge in [-0.3, -0.25) is 0 Å². The van der Waals surface area contributed by atoms with Gasteiger partial charge >= 0.3 is 0 Å². The van der Waals surface area contributed by atoms with Gasteiger partial charge in [0.05, 0.1) is 6.61 Å². The second kappa shape index (κ2) is 4.59. The van der Waals surface area contributed by atoms with E-state index in [1.54, 1.807) is 11.3 Å². The fourth-order valence-corrected chi connectivity index (χ4v) is 1.65. The third kappa shape index (κ3) is 2.69. The predicted molar refractivity (Wildman–Crippen MR) is 53.1 cm³/mol. The molecule has 0 spiro atoms. The SMILES string of the molecule is OCc1ccc(C=CCS)s1. The van der Waals surface area contributed by atoms with Gasteiger partial charge in [0.2, 0.25) is 0 Å². The molecule has 0 aliphatic rings. The maximum atomic E-state index is 8.75. The van der Waals surface area contributed by atoms with Gasteiger partial charge < -0.3 is 5.11 Å². The van der Waals surface area contributed by atoms with Gasteiger partial charge in [-0.15, -0.1) is 11.3 Å². The van der Waals surface area contributed by atoms with E-state index >= 15 is 0 Å². The van der Waals surface area contributed by atoms with E-state index in [9.17, 15) is 0 Å². The first kappa shape index (κ1) is 8.84. The van der Waals surface area contributed by atoms with Crippen molar-refractivity contribution in [2.45, 2.75) is 6.61 Å². The van der Waals surface area contributed by atoms with Gasteiger partial charge in [-0.05, 0) is 18.2 Å². The third-order valence-corrected chi connectivity index (χ3v) is 2.47. The summed E-state index contributed by atoms with van der Waals surface area (Å²) in [6.45, 7) is 0.138. The molecule has 1 N–H and O–H groups in total. The second-order valence-corrected chi connectivity index (χ2v) is 3.61. The number of thiophene rings is 1. The lowest BCUT2D eigenvalue weighted by atomic mass is 10.4. The van der Waals surface area contributed by atoms with Crippen molar-refractivity contribution in [1.82, 2.24) is 0 Å². The van der Waals surface area contributed by atoms with Crippen LogP contribution < -0.4 is 0 Å². The lowest BCUT2D eigenvalue weighted by Gasteiger charge is -1.83. The lowest BCUT2D eigenvalue weighted by molar-refractivity contribution is 0.285. The summed E-state index contributed by atoms with van der Waals surface area (Å²) in [5.74, 6) is 0.756. The van der Waals surface area contributed by atoms with Crippen LogP contribution in [0.5, 0.6) is 0 Å². The van der Waals surface area contributed by atoms with Crippen molar-refractivity contribution in [3.05, 3.63) is 28.0 Å². The molecular weight excluding hydrogens is 176 g/mol. The molecular formula is C8H10OS2. The fraction of sp³-hybridized carbons (Fsp3) is 0.250. The average Bonchev–Trinajstić information content (AvgIpc) is 2.48. The first-order valence-electron chi connectivity index (χ1n) is 3.34. The maximum absolute atomic E-state index is 8.75. The lowest BCUT2D eigenvalue weighted by Crippen LogP contribution is -1.69. The van der Waals surface area contributed by atoms with Crippen LogP contribution in [0, 0.1) is 0 Å². The Bertz CT molecular complexity index is 240. The molecule has 0 saturated heterocycles. The largest absolute Gasteiger partial charge is 0.391 e. The van der Waals surface area contributed by atoms with Crippen molar-refractivity contribution in [3.8, 4) is 0 Å². The molecule has 0 atom stereocenters. The summed E-state index contributed by atoms with van der Waals surface area (Å²) in [5, 5.41) is 8.75. The van der Waals surface area contributed by atoms with E-state index in [2.05, 4.69) is 12.6 Å². The van der Waals surface area contributed by atoms with Gasteiger partial charge in [0.25, 0.3) is 0 Å². The molecule has 11 heavy (non-hydrogen) atoms. The van der Waals surface area contributed by atoms with E-state index in [-0.39, 0.29) is 6.61 Å². The van der Waals surface area contributed by atoms with Crippen LogP contribution in [-0.2, 0) is 6.61 Å². The molecule has 0 aliphatic heterocycles. The normalized spacial score (nSPS) is 11.1. The quantitative estimate of drug-likeness (QED) is 0.693. The van der Waals surface area contributed by atoms with Crippen LogP contribution in [-0.4, -0.2) is 10.9 Å². The summed E-state index contributed by atoms with van der Waals surface area (Å²) >= 11 is 5.65. The molecule has 0 radical (unpaired) electrons. The standard InChI is InChI=1S/C8H10OS2/c9-6-8-4-3-7(11-8)2-1-5-10/h1-4,9-10H,5-6H2. The van der Waals surface area contributed by atoms with Crippen LogP contribution in [0.3, 0.4) is 0 Å². The van der Waals surface area contributed by atoms with E-state index in [4.69, 9.17) is 5.11 Å². The highest BCUT2D eigenvalue weighted by molar-refractivity contribution is 7.80. The number of aliphatic hydroxyl groups excluding tert-OH is 1. The average molecular weight is 186 g/mol. The van der Waals surface area contributed by atoms with Gasteiger partial charge in [-0.1, -0.05) is 6.08 Å². The molecule has 3 heteroatoms. The van der Waals surface area contributed by atoms with Crippen molar-refractivity contribution in [2.24, 2.45) is 0 Å². The van der Waals surface area contributed by atoms with Crippen LogP contribution in [0.1, 0.15) is 9.75 Å². The molecule has 0 aromatic carbocycles. The summed E-state index contributed by atoms with van der Waals surface area (Å²) in [6.07, 6.45) is 3.99. The summed E-state index contributed by atoms with van der Waals surface area (Å²) in [7, 11) is 0. The van der Waals surface area contributed by atoms with Crippen molar-refractivity contribution >= 4 is 30.0 Å². The van der Waals surface area contributed by atoms with Gasteiger partial charge in [0.15, 0.2) is 0 Å². The zero-order chi connectivity index (χ0) is 8.10. The highest BCUT2D eigenvalue weighted by atomic mass is 32.1. The molecule has 1 rings (SSSR count). The number of thiol groups is 1. The highest BCUT2D eigenvalue weighted by Crippen LogP contribution is 2.17. The zero-order valence-corrected chi connectivity index (χ0v) is 7.74. The monoisotopic (exact) mass is 186 g/mol. The molecule has 0 aliphatic carbocycles. The Kier molecular flexibility index (Phi) is 3.69. The van der Waals surface area contributed by atoms with E-state index in [0.29, 0.717) is 0 Å². The summed E-state index contributed by atoms with van der Waals surface area (Å²) < 4.78 is 0. The first-order valence-corrected chi connectivity index (χ1v) is 4.78. The Hall–Kier alpha value is -0.250. The maximum Gasteiger partial charge on any atom is 0.0774 e. The Morgan fingerprint density at radius 2 is 2.36 bits per heavy atom. The Morgan fingerprint density at radius 1 is 1.55 bits per heavy atom. The van der Waals surface area contributed by atoms with E-state index in [1.165, 1.54) is 4.88 Å². The molecule has 0 unspecified atom stereocenters. The molecule has 0 fully saturated rings. The van der Waals surface area contributed by atoms with E-state index in [0.717, 1.165) is 10.6 Å². The molecule has 1 nitrogen and oxygen atoms in total. The minimum absolute atomic E-state index is 0.138. The van der Waals surface area contributed by atoms with Crippen LogP contribution >= 0.6 is 24.0 Å². The third-order valence-electron chi connectivity index (χ3n) is 1.23. The number of hydrogen-bond donors (Lipinski definition) is 2. The highest BCUT2D eigenvalue weighted by Gasteiger charge is 1.93. The molecule has 0 saturated carbocycles. The van der Waals surface area contributed by atoms with Crippen LogP contribution in [0.2, 0.25) is 0 Å². The van der Waals surface area contributed by atoms with Crippen molar-refractivity contribution < 1.29 is 5.11 Å². The van der Waals surface area contributed by atoms with Crippen molar-refractivity contribution in [1.29, 1.82) is 0 Å². The second-order valence-electron chi connectivity index (χ2n) is 2.05. The molecule has 0 amide bonds. The molecule has 0 bridgehead atoms. The van der Waals surface area contributed by atoms with Gasteiger partial charge in [0, 0.05) is 15.5 Å². The first-order chi connectivity index (χ1) is 5.36. The summed E-state index contributed by atoms with van der Waals surface area (Å²) in [5.41, 5.74) is 0.